The number of carboxylic acid groups (broad SMARTS) is 1. The second kappa shape index (κ2) is 4.79. The third-order valence-electron chi connectivity index (χ3n) is 1.88. The predicted molar refractivity (Wildman–Crippen MR) is 53.4 cm³/mol. The summed E-state index contributed by atoms with van der Waals surface area (Å²) >= 11 is 5.69. The second-order valence-corrected chi connectivity index (χ2v) is 3.19. The first-order valence-corrected chi connectivity index (χ1v) is 4.58. The van der Waals surface area contributed by atoms with Crippen molar-refractivity contribution < 1.29 is 14.7 Å². The molecule has 0 aliphatic heterocycles. The number of amides is 1. The fourth-order valence-corrected chi connectivity index (χ4v) is 1.48. The van der Waals surface area contributed by atoms with E-state index < -0.39 is 6.09 Å². The lowest BCUT2D eigenvalue weighted by atomic mass is 10.4. The van der Waals surface area contributed by atoms with Crippen molar-refractivity contribution in [3.8, 4) is 0 Å². The van der Waals surface area contributed by atoms with Gasteiger partial charge in [0.1, 0.15) is 11.5 Å². The monoisotopic (exact) mass is 231 g/mol. The Morgan fingerprint density at radius 2 is 2.40 bits per heavy atom. The third kappa shape index (κ3) is 2.69. The number of hydrogen-bond donors (Lipinski definition) is 2. The Morgan fingerprint density at radius 3 is 2.93 bits per heavy atom. The van der Waals surface area contributed by atoms with Crippen LogP contribution in [0.15, 0.2) is 0 Å². The lowest BCUT2D eigenvalue weighted by Crippen LogP contribution is -2.26. The van der Waals surface area contributed by atoms with Gasteiger partial charge in [0.25, 0.3) is 0 Å². The Morgan fingerprint density at radius 1 is 1.73 bits per heavy atom. The number of rotatable bonds is 4. The molecule has 1 aromatic rings. The Hall–Kier alpha value is -1.56. The lowest BCUT2D eigenvalue weighted by molar-refractivity contribution is 0.111. The van der Waals surface area contributed by atoms with E-state index in [-0.39, 0.29) is 17.4 Å². The summed E-state index contributed by atoms with van der Waals surface area (Å²) in [6.45, 7) is 2.22. The van der Waals surface area contributed by atoms with Crippen LogP contribution in [0, 0.1) is 6.92 Å². The van der Waals surface area contributed by atoms with Crippen LogP contribution in [-0.2, 0) is 6.54 Å². The van der Waals surface area contributed by atoms with Crippen LogP contribution < -0.4 is 5.32 Å². The molecule has 0 radical (unpaired) electrons. The summed E-state index contributed by atoms with van der Waals surface area (Å²) in [4.78, 5) is 24.8. The summed E-state index contributed by atoms with van der Waals surface area (Å²) in [5, 5.41) is 10.7. The van der Waals surface area contributed by atoms with E-state index in [1.54, 1.807) is 11.5 Å². The predicted octanol–water partition coefficient (Wildman–Crippen LogP) is 0.925. The quantitative estimate of drug-likeness (QED) is 0.755. The minimum atomic E-state index is -1.11. The SMILES string of the molecule is Cc1nc(Cl)c(C=O)n1CCNC(=O)O. The number of nitrogens with zero attached hydrogens (tertiary/aromatic N) is 2. The van der Waals surface area contributed by atoms with Crippen LogP contribution in [0.25, 0.3) is 0 Å². The topological polar surface area (TPSA) is 84.2 Å². The first kappa shape index (κ1) is 11.5. The fourth-order valence-electron chi connectivity index (χ4n) is 1.21. The molecule has 0 saturated heterocycles. The minimum Gasteiger partial charge on any atom is -0.465 e. The van der Waals surface area contributed by atoms with Gasteiger partial charge in [-0.15, -0.1) is 0 Å². The summed E-state index contributed by atoms with van der Waals surface area (Å²) in [5.41, 5.74) is 0.265. The number of carbonyl (C=O) groups is 2. The highest BCUT2D eigenvalue weighted by Gasteiger charge is 2.11. The molecule has 0 fully saturated rings. The van der Waals surface area contributed by atoms with Crippen molar-refractivity contribution in [3.63, 3.8) is 0 Å². The highest BCUT2D eigenvalue weighted by molar-refractivity contribution is 6.31. The van der Waals surface area contributed by atoms with Crippen molar-refractivity contribution >= 4 is 24.0 Å². The first-order valence-electron chi connectivity index (χ1n) is 4.21. The molecule has 1 aromatic heterocycles. The number of halogens is 1. The Balaban J connectivity index is 2.75. The van der Waals surface area contributed by atoms with Crippen LogP contribution in [0.5, 0.6) is 0 Å². The largest absolute Gasteiger partial charge is 0.465 e. The molecule has 0 spiro atoms. The molecule has 0 unspecified atom stereocenters. The van der Waals surface area contributed by atoms with Gasteiger partial charge >= 0.3 is 6.09 Å². The highest BCUT2D eigenvalue weighted by atomic mass is 35.5. The van der Waals surface area contributed by atoms with Crippen LogP contribution in [0.3, 0.4) is 0 Å². The molecule has 1 heterocycles. The molecule has 2 N–H and O–H groups in total. The van der Waals surface area contributed by atoms with Gasteiger partial charge in [-0.1, -0.05) is 11.6 Å². The summed E-state index contributed by atoms with van der Waals surface area (Å²) < 4.78 is 1.56. The molecule has 15 heavy (non-hydrogen) atoms. The summed E-state index contributed by atoms with van der Waals surface area (Å²) in [6.07, 6.45) is -0.505. The smallest absolute Gasteiger partial charge is 0.404 e. The zero-order valence-electron chi connectivity index (χ0n) is 8.03. The number of nitrogens with one attached hydrogen (secondary N) is 1. The first-order chi connectivity index (χ1) is 7.06. The number of aryl methyl sites for hydroxylation is 1. The maximum absolute atomic E-state index is 10.7. The standard InChI is InChI=1S/C8H10ClN3O3/c1-5-11-7(9)6(4-13)12(5)3-2-10-8(14)15/h4,10H,2-3H2,1H3,(H,14,15). The van der Waals surface area contributed by atoms with Gasteiger partial charge in [0.05, 0.1) is 0 Å². The number of carbonyl (C=O) groups excluding carboxylic acids is 1. The second-order valence-electron chi connectivity index (χ2n) is 2.84. The average Bonchev–Trinajstić information content (AvgIpc) is 2.41. The molecule has 0 saturated carbocycles. The van der Waals surface area contributed by atoms with E-state index in [0.717, 1.165) is 0 Å². The van der Waals surface area contributed by atoms with Gasteiger partial charge in [-0.05, 0) is 6.92 Å². The lowest BCUT2D eigenvalue weighted by Gasteiger charge is -2.06. The average molecular weight is 232 g/mol. The molecule has 1 rings (SSSR count). The maximum Gasteiger partial charge on any atom is 0.404 e. The van der Waals surface area contributed by atoms with E-state index in [1.165, 1.54) is 0 Å². The van der Waals surface area contributed by atoms with Crippen molar-refractivity contribution in [1.29, 1.82) is 0 Å². The zero-order valence-corrected chi connectivity index (χ0v) is 8.78. The molecule has 7 heteroatoms. The van der Waals surface area contributed by atoms with Gasteiger partial charge in [0.2, 0.25) is 0 Å². The third-order valence-corrected chi connectivity index (χ3v) is 2.15. The van der Waals surface area contributed by atoms with E-state index in [1.807, 2.05) is 0 Å². The number of aromatic nitrogens is 2. The van der Waals surface area contributed by atoms with Crippen LogP contribution >= 0.6 is 11.6 Å². The van der Waals surface area contributed by atoms with Gasteiger partial charge in [0, 0.05) is 13.1 Å². The molecule has 82 valence electrons. The molecule has 1 amide bonds. The van der Waals surface area contributed by atoms with E-state index in [2.05, 4.69) is 10.3 Å². The normalized spacial score (nSPS) is 10.0. The van der Waals surface area contributed by atoms with Crippen molar-refractivity contribution in [2.75, 3.05) is 6.54 Å². The van der Waals surface area contributed by atoms with Gasteiger partial charge in [0.15, 0.2) is 11.4 Å². The molecule has 0 aromatic carbocycles. The Bertz CT molecular complexity index is 389. The van der Waals surface area contributed by atoms with Crippen LogP contribution in [0.2, 0.25) is 5.15 Å². The van der Waals surface area contributed by atoms with Gasteiger partial charge < -0.3 is 15.0 Å². The van der Waals surface area contributed by atoms with E-state index in [0.29, 0.717) is 18.7 Å². The zero-order chi connectivity index (χ0) is 11.4. The summed E-state index contributed by atoms with van der Waals surface area (Å²) in [7, 11) is 0. The fraction of sp³-hybridized carbons (Fsp3) is 0.375. The van der Waals surface area contributed by atoms with Gasteiger partial charge in [-0.25, -0.2) is 9.78 Å². The molecule has 0 bridgehead atoms. The maximum atomic E-state index is 10.7. The van der Waals surface area contributed by atoms with Gasteiger partial charge in [-0.2, -0.15) is 0 Å². The number of aldehydes is 1. The molecule has 6 nitrogen and oxygen atoms in total. The van der Waals surface area contributed by atoms with Crippen molar-refractivity contribution in [3.05, 3.63) is 16.7 Å². The van der Waals surface area contributed by atoms with E-state index in [4.69, 9.17) is 16.7 Å². The van der Waals surface area contributed by atoms with Crippen LogP contribution in [0.4, 0.5) is 4.79 Å². The van der Waals surface area contributed by atoms with Crippen LogP contribution in [-0.4, -0.2) is 33.6 Å². The summed E-state index contributed by atoms with van der Waals surface area (Å²) in [5.74, 6) is 0.578. The molecular formula is C8H10ClN3O3. The van der Waals surface area contributed by atoms with Crippen molar-refractivity contribution in [2.24, 2.45) is 0 Å². The molecule has 0 aliphatic rings. The van der Waals surface area contributed by atoms with E-state index in [9.17, 15) is 9.59 Å². The Kier molecular flexibility index (Phi) is 3.68. The molecule has 0 atom stereocenters. The van der Waals surface area contributed by atoms with Gasteiger partial charge in [-0.3, -0.25) is 4.79 Å². The van der Waals surface area contributed by atoms with E-state index >= 15 is 0 Å². The number of imidazole rings is 1. The molecule has 0 aliphatic carbocycles. The minimum absolute atomic E-state index is 0.137. The summed E-state index contributed by atoms with van der Waals surface area (Å²) in [6, 6.07) is 0. The Labute approximate surface area is 90.9 Å². The van der Waals surface area contributed by atoms with Crippen molar-refractivity contribution in [2.45, 2.75) is 13.5 Å². The highest BCUT2D eigenvalue weighted by Crippen LogP contribution is 2.14. The van der Waals surface area contributed by atoms with Crippen LogP contribution in [0.1, 0.15) is 16.3 Å². The van der Waals surface area contributed by atoms with Crippen molar-refractivity contribution in [1.82, 2.24) is 14.9 Å². The molecular weight excluding hydrogens is 222 g/mol. The number of hydrogen-bond acceptors (Lipinski definition) is 3.